The highest BCUT2D eigenvalue weighted by Crippen LogP contribution is 2.38. The van der Waals surface area contributed by atoms with Crippen molar-refractivity contribution in [3.8, 4) is 12.3 Å². The number of carbonyl (C=O) groups is 2. The number of terminal acetylenes is 1. The fourth-order valence-corrected chi connectivity index (χ4v) is 3.53. The first kappa shape index (κ1) is 18.0. The molecule has 0 atom stereocenters. The summed E-state index contributed by atoms with van der Waals surface area (Å²) in [5, 5.41) is 2.71. The first-order chi connectivity index (χ1) is 11.2. The molecule has 1 aliphatic rings. The summed E-state index contributed by atoms with van der Waals surface area (Å²) < 4.78 is 26.8. The van der Waals surface area contributed by atoms with Gasteiger partial charge < -0.3 is 5.32 Å². The zero-order valence-corrected chi connectivity index (χ0v) is 14.5. The van der Waals surface area contributed by atoms with Gasteiger partial charge >= 0.3 is 0 Å². The highest BCUT2D eigenvalue weighted by Gasteiger charge is 2.39. The molecule has 0 fully saturated rings. The zero-order valence-electron chi connectivity index (χ0n) is 13.7. The van der Waals surface area contributed by atoms with Crippen LogP contribution in [-0.4, -0.2) is 20.2 Å². The van der Waals surface area contributed by atoms with Crippen molar-refractivity contribution in [3.63, 3.8) is 0 Å². The summed E-state index contributed by atoms with van der Waals surface area (Å²) in [7, 11) is -3.97. The number of fused-ring (bicyclic) bond motifs is 1. The maximum Gasteiger partial charge on any atom is 0.264 e. The van der Waals surface area contributed by atoms with Gasteiger partial charge in [-0.25, -0.2) is 13.1 Å². The number of sulfonamides is 1. The lowest BCUT2D eigenvalue weighted by atomic mass is 9.86. The monoisotopic (exact) mass is 348 g/mol. The predicted molar refractivity (Wildman–Crippen MR) is 90.7 cm³/mol. The average molecular weight is 348 g/mol. The fraction of sp³-hybridized carbons (Fsp3) is 0.412. The number of amides is 2. The van der Waals surface area contributed by atoms with E-state index in [1.54, 1.807) is 13.8 Å². The van der Waals surface area contributed by atoms with E-state index in [1.807, 2.05) is 0 Å². The van der Waals surface area contributed by atoms with E-state index in [1.165, 1.54) is 18.2 Å². The molecule has 1 aromatic rings. The number of hydrogen-bond donors (Lipinski definition) is 2. The van der Waals surface area contributed by atoms with Crippen molar-refractivity contribution in [1.82, 2.24) is 4.72 Å². The van der Waals surface area contributed by atoms with E-state index in [0.717, 1.165) is 0 Å². The maximum atomic E-state index is 12.4. The van der Waals surface area contributed by atoms with Crippen LogP contribution in [0.5, 0.6) is 0 Å². The lowest BCUT2D eigenvalue weighted by Crippen LogP contribution is -2.31. The highest BCUT2D eigenvalue weighted by molar-refractivity contribution is 7.90. The van der Waals surface area contributed by atoms with Crippen LogP contribution in [0.3, 0.4) is 0 Å². The summed E-state index contributed by atoms with van der Waals surface area (Å²) in [6, 6.07) is 4.34. The minimum atomic E-state index is -3.97. The molecule has 1 heterocycles. The number of rotatable bonds is 6. The van der Waals surface area contributed by atoms with Crippen molar-refractivity contribution in [3.05, 3.63) is 23.8 Å². The summed E-state index contributed by atoms with van der Waals surface area (Å²) in [5.74, 6) is 1.71. The van der Waals surface area contributed by atoms with E-state index in [4.69, 9.17) is 6.42 Å². The molecule has 24 heavy (non-hydrogen) atoms. The molecule has 0 bridgehead atoms. The quantitative estimate of drug-likeness (QED) is 0.607. The molecule has 0 radical (unpaired) electrons. The van der Waals surface area contributed by atoms with Crippen LogP contribution in [-0.2, 0) is 25.0 Å². The van der Waals surface area contributed by atoms with Gasteiger partial charge in [0, 0.05) is 18.5 Å². The summed E-state index contributed by atoms with van der Waals surface area (Å²) in [5.41, 5.74) is 0.363. The highest BCUT2D eigenvalue weighted by atomic mass is 32.2. The van der Waals surface area contributed by atoms with Crippen molar-refractivity contribution in [1.29, 1.82) is 0 Å². The van der Waals surface area contributed by atoms with E-state index < -0.39 is 21.3 Å². The third kappa shape index (κ3) is 3.60. The van der Waals surface area contributed by atoms with Crippen molar-refractivity contribution in [2.24, 2.45) is 0 Å². The van der Waals surface area contributed by atoms with Crippen LogP contribution in [0.1, 0.15) is 45.1 Å². The lowest BCUT2D eigenvalue weighted by Gasteiger charge is -2.16. The lowest BCUT2D eigenvalue weighted by molar-refractivity contribution is -0.120. The molecule has 0 unspecified atom stereocenters. The molecule has 1 aliphatic heterocycles. The Morgan fingerprint density at radius 1 is 1.33 bits per heavy atom. The molecule has 128 valence electrons. The van der Waals surface area contributed by atoms with Gasteiger partial charge in [0.05, 0.1) is 10.3 Å². The van der Waals surface area contributed by atoms with E-state index in [9.17, 15) is 18.0 Å². The average Bonchev–Trinajstić information content (AvgIpc) is 2.73. The van der Waals surface area contributed by atoms with Crippen LogP contribution in [0.25, 0.3) is 0 Å². The Balaban J connectivity index is 2.14. The van der Waals surface area contributed by atoms with Gasteiger partial charge in [0.25, 0.3) is 10.0 Å². The second kappa shape index (κ2) is 6.65. The van der Waals surface area contributed by atoms with Crippen LogP contribution >= 0.6 is 0 Å². The Morgan fingerprint density at radius 2 is 2.04 bits per heavy atom. The number of hydrogen-bond acceptors (Lipinski definition) is 4. The Labute approximate surface area is 142 Å². The number of benzene rings is 1. The predicted octanol–water partition coefficient (Wildman–Crippen LogP) is 1.91. The third-order valence-electron chi connectivity index (χ3n) is 4.01. The van der Waals surface area contributed by atoms with Gasteiger partial charge in [0.1, 0.15) is 0 Å². The van der Waals surface area contributed by atoms with E-state index in [2.05, 4.69) is 16.0 Å². The zero-order chi connectivity index (χ0) is 18.0. The van der Waals surface area contributed by atoms with E-state index >= 15 is 0 Å². The first-order valence-corrected chi connectivity index (χ1v) is 9.12. The molecular formula is C17H20N2O4S. The third-order valence-corrected chi connectivity index (χ3v) is 5.38. The van der Waals surface area contributed by atoms with Gasteiger partial charge in [-0.15, -0.1) is 12.3 Å². The second-order valence-corrected chi connectivity index (χ2v) is 7.91. The van der Waals surface area contributed by atoms with E-state index in [-0.39, 0.29) is 17.2 Å². The minimum absolute atomic E-state index is 0.0391. The van der Waals surface area contributed by atoms with E-state index in [0.29, 0.717) is 30.5 Å². The van der Waals surface area contributed by atoms with Crippen LogP contribution < -0.4 is 10.0 Å². The van der Waals surface area contributed by atoms with Gasteiger partial charge in [-0.3, -0.25) is 9.59 Å². The number of unbranched alkanes of at least 4 members (excludes halogenated alkanes) is 2. The van der Waals surface area contributed by atoms with Gasteiger partial charge in [-0.05, 0) is 50.5 Å². The minimum Gasteiger partial charge on any atom is -0.325 e. The fourth-order valence-electron chi connectivity index (χ4n) is 2.49. The van der Waals surface area contributed by atoms with Gasteiger partial charge in [-0.2, -0.15) is 0 Å². The van der Waals surface area contributed by atoms with Crippen molar-refractivity contribution in [2.75, 3.05) is 5.32 Å². The molecule has 2 rings (SSSR count). The molecule has 0 aliphatic carbocycles. The molecule has 2 amide bonds. The smallest absolute Gasteiger partial charge is 0.264 e. The molecule has 7 heteroatoms. The Bertz CT molecular complexity index is 819. The maximum absolute atomic E-state index is 12.4. The molecule has 2 N–H and O–H groups in total. The summed E-state index contributed by atoms with van der Waals surface area (Å²) >= 11 is 0. The van der Waals surface area contributed by atoms with Crippen molar-refractivity contribution >= 4 is 27.5 Å². The Kier molecular flexibility index (Phi) is 4.99. The summed E-state index contributed by atoms with van der Waals surface area (Å²) in [4.78, 5) is 23.7. The molecular weight excluding hydrogens is 328 g/mol. The van der Waals surface area contributed by atoms with Gasteiger partial charge in [-0.1, -0.05) is 0 Å². The second-order valence-electron chi connectivity index (χ2n) is 6.23. The van der Waals surface area contributed by atoms with Crippen LogP contribution in [0.15, 0.2) is 23.1 Å². The molecule has 0 saturated heterocycles. The van der Waals surface area contributed by atoms with Crippen molar-refractivity contribution < 1.29 is 18.0 Å². The van der Waals surface area contributed by atoms with Crippen LogP contribution in [0.4, 0.5) is 5.69 Å². The van der Waals surface area contributed by atoms with Gasteiger partial charge in [0.15, 0.2) is 0 Å². The Hall–Kier alpha value is -2.33. The molecule has 0 saturated carbocycles. The first-order valence-electron chi connectivity index (χ1n) is 7.63. The topological polar surface area (TPSA) is 92.3 Å². The summed E-state index contributed by atoms with van der Waals surface area (Å²) in [6.45, 7) is 3.43. The molecule has 0 aromatic heterocycles. The Morgan fingerprint density at radius 3 is 2.71 bits per heavy atom. The van der Waals surface area contributed by atoms with Gasteiger partial charge in [0.2, 0.25) is 11.8 Å². The van der Waals surface area contributed by atoms with Crippen LogP contribution in [0, 0.1) is 12.3 Å². The van der Waals surface area contributed by atoms with Crippen LogP contribution in [0.2, 0.25) is 0 Å². The molecule has 1 aromatic carbocycles. The summed E-state index contributed by atoms with van der Waals surface area (Å²) in [6.07, 6.45) is 6.98. The molecule has 6 nitrogen and oxygen atoms in total. The largest absolute Gasteiger partial charge is 0.325 e. The number of anilines is 1. The molecule has 0 spiro atoms. The van der Waals surface area contributed by atoms with Crippen molar-refractivity contribution in [2.45, 2.75) is 49.8 Å². The number of nitrogens with one attached hydrogen (secondary N) is 2. The number of carbonyl (C=O) groups excluding carboxylic acids is 2. The SMILES string of the molecule is C#CCCCCC(=O)NS(=O)(=O)c1ccc2c(c1)C(C)(C)C(=O)N2. The normalized spacial score (nSPS) is 15.3. The standard InChI is InChI=1S/C17H20N2O4S/c1-4-5-6-7-8-15(20)19-24(22,23)12-9-10-14-13(11-12)17(2,3)16(21)18-14/h1,9-11H,5-8H2,2-3H3,(H,18,21)(H,19,20).